The minimum absolute atomic E-state index is 0.188. The Balaban J connectivity index is 1.46. The number of fused-ring (bicyclic) bond motifs is 10. The third-order valence-electron chi connectivity index (χ3n) is 9.14. The van der Waals surface area contributed by atoms with Crippen molar-refractivity contribution in [2.75, 3.05) is 0 Å². The van der Waals surface area contributed by atoms with E-state index in [0.717, 1.165) is 22.6 Å². The molecule has 0 atom stereocenters. The molecule has 8 rings (SSSR count). The fraction of sp³-hybridized carbons (Fsp3) is 0.167. The number of rotatable bonds is 1. The summed E-state index contributed by atoms with van der Waals surface area (Å²) in [7, 11) is 0. The third-order valence-corrected chi connectivity index (χ3v) is 9.14. The molecule has 0 spiro atoms. The van der Waals surface area contributed by atoms with E-state index in [0.29, 0.717) is 11.5 Å². The summed E-state index contributed by atoms with van der Waals surface area (Å²) in [6.07, 6.45) is 1.84. The lowest BCUT2D eigenvalue weighted by Gasteiger charge is -2.29. The number of benzene rings is 5. The second kappa shape index (κ2) is 9.93. The first-order valence-electron chi connectivity index (χ1n) is 15.6. The van der Waals surface area contributed by atoms with Crippen molar-refractivity contribution in [3.05, 3.63) is 133 Å². The number of pyridine rings is 1. The second-order valence-corrected chi connectivity index (χ2v) is 13.5. The lowest BCUT2D eigenvalue weighted by atomic mass is 9.75. The lowest BCUT2D eigenvalue weighted by molar-refractivity contribution is 0.111. The molecule has 1 aliphatic carbocycles. The van der Waals surface area contributed by atoms with E-state index in [9.17, 15) is 0 Å². The Morgan fingerprint density at radius 2 is 1.02 bits per heavy atom. The van der Waals surface area contributed by atoms with Crippen molar-refractivity contribution < 1.29 is 9.47 Å². The van der Waals surface area contributed by atoms with Crippen molar-refractivity contribution in [2.24, 2.45) is 0 Å². The summed E-state index contributed by atoms with van der Waals surface area (Å²) in [6.45, 7) is 11.0. The Labute approximate surface area is 265 Å². The smallest absolute Gasteiger partial charge is 0.195 e. The molecule has 0 saturated carbocycles. The number of hydrogen-bond acceptors (Lipinski definition) is 3. The molecule has 0 saturated heterocycles. The zero-order valence-electron chi connectivity index (χ0n) is 26.3. The van der Waals surface area contributed by atoms with Gasteiger partial charge in [0.2, 0.25) is 0 Å². The first kappa shape index (κ1) is 27.4. The monoisotopic (exact) mass is 585 g/mol. The molecule has 5 aromatic carbocycles. The summed E-state index contributed by atoms with van der Waals surface area (Å²) in [4.78, 5) is 5.02. The molecule has 1 aliphatic heterocycles. The Morgan fingerprint density at radius 3 is 1.58 bits per heavy atom. The van der Waals surface area contributed by atoms with Gasteiger partial charge in [-0.05, 0) is 87.5 Å². The Hall–Kier alpha value is -5.15. The van der Waals surface area contributed by atoms with Gasteiger partial charge in [-0.2, -0.15) is 0 Å². The zero-order chi connectivity index (χ0) is 30.9. The first-order valence-corrected chi connectivity index (χ1v) is 15.6. The van der Waals surface area contributed by atoms with Gasteiger partial charge in [-0.15, -0.1) is 0 Å². The molecule has 6 aromatic rings. The van der Waals surface area contributed by atoms with Crippen molar-refractivity contribution >= 4 is 0 Å². The van der Waals surface area contributed by atoms with Gasteiger partial charge in [-0.1, -0.05) is 112 Å². The fourth-order valence-electron chi connectivity index (χ4n) is 7.01. The molecule has 0 bridgehead atoms. The zero-order valence-corrected chi connectivity index (χ0v) is 26.3. The maximum atomic E-state index is 6.76. The summed E-state index contributed by atoms with van der Waals surface area (Å²) in [5.74, 6) is 2.12. The Morgan fingerprint density at radius 1 is 0.533 bits per heavy atom. The van der Waals surface area contributed by atoms with E-state index < -0.39 is 5.60 Å². The molecular weight excluding hydrogens is 550 g/mol. The van der Waals surface area contributed by atoms with Crippen LogP contribution in [0, 0.1) is 0 Å². The van der Waals surface area contributed by atoms with E-state index in [1.54, 1.807) is 0 Å². The van der Waals surface area contributed by atoms with Crippen molar-refractivity contribution in [3.63, 3.8) is 0 Å². The van der Waals surface area contributed by atoms with Crippen LogP contribution in [0.2, 0.25) is 0 Å². The van der Waals surface area contributed by atoms with Gasteiger partial charge in [0.15, 0.2) is 11.5 Å². The first-order chi connectivity index (χ1) is 21.7. The van der Waals surface area contributed by atoms with Crippen LogP contribution in [0.15, 0.2) is 121 Å². The standard InChI is InChI=1S/C42H35NO2/c1-41(2,3)36-25-33-31-19-11-9-17-29(31)27-15-7-6-14-26(27)28-16-8-10-18-30(28)32(33)24-34(36)39-40-38(22-23-43-39)45-42(4,5)35-20-12-13-21-37(35)44-40/h6-25H,1-5H3. The molecule has 3 heteroatoms. The van der Waals surface area contributed by atoms with Gasteiger partial charge in [0.1, 0.15) is 17.0 Å². The maximum absolute atomic E-state index is 6.76. The van der Waals surface area contributed by atoms with Crippen molar-refractivity contribution in [2.45, 2.75) is 45.6 Å². The molecule has 2 heterocycles. The minimum atomic E-state index is -0.574. The normalized spacial score (nSPS) is 14.0. The molecule has 0 amide bonds. The number of aromatic nitrogens is 1. The van der Waals surface area contributed by atoms with Crippen LogP contribution in [0.5, 0.6) is 17.2 Å². The van der Waals surface area contributed by atoms with Crippen LogP contribution in [0.4, 0.5) is 0 Å². The molecule has 0 radical (unpaired) electrons. The molecule has 45 heavy (non-hydrogen) atoms. The predicted octanol–water partition coefficient (Wildman–Crippen LogP) is 11.4. The topological polar surface area (TPSA) is 31.4 Å². The average molecular weight is 586 g/mol. The van der Waals surface area contributed by atoms with Crippen molar-refractivity contribution in [1.82, 2.24) is 4.98 Å². The molecular formula is C42H35NO2. The molecule has 220 valence electrons. The van der Waals surface area contributed by atoms with Crippen LogP contribution < -0.4 is 9.47 Å². The van der Waals surface area contributed by atoms with Gasteiger partial charge in [0, 0.05) is 23.4 Å². The molecule has 0 N–H and O–H groups in total. The quantitative estimate of drug-likeness (QED) is 0.192. The lowest BCUT2D eigenvalue weighted by Crippen LogP contribution is -2.24. The fourth-order valence-corrected chi connectivity index (χ4v) is 7.01. The Kier molecular flexibility index (Phi) is 6.05. The molecule has 0 fully saturated rings. The number of para-hydroxylation sites is 1. The maximum Gasteiger partial charge on any atom is 0.195 e. The summed E-state index contributed by atoms with van der Waals surface area (Å²) < 4.78 is 13.4. The minimum Gasteiger partial charge on any atom is -0.479 e. The molecule has 0 unspecified atom stereocenters. The van der Waals surface area contributed by atoms with E-state index in [4.69, 9.17) is 14.5 Å². The van der Waals surface area contributed by atoms with Crippen LogP contribution in [-0.2, 0) is 11.0 Å². The van der Waals surface area contributed by atoms with Gasteiger partial charge >= 0.3 is 0 Å². The van der Waals surface area contributed by atoms with Crippen LogP contribution >= 0.6 is 0 Å². The Bertz CT molecular complexity index is 2130. The highest BCUT2D eigenvalue weighted by Crippen LogP contribution is 2.53. The number of ether oxygens (including phenoxy) is 2. The molecule has 3 nitrogen and oxygen atoms in total. The SMILES string of the molecule is CC(C)(C)c1cc2c(cc1-c1nccc3c1Oc1ccccc1C(C)(C)O3)-c1ccccc1-c1ccccc1-c1ccccc1-2. The molecule has 1 aromatic heterocycles. The number of hydrogen-bond donors (Lipinski definition) is 0. The van der Waals surface area contributed by atoms with E-state index in [2.05, 4.69) is 126 Å². The third kappa shape index (κ3) is 4.37. The van der Waals surface area contributed by atoms with Crippen LogP contribution in [0.25, 0.3) is 55.8 Å². The van der Waals surface area contributed by atoms with Gasteiger partial charge < -0.3 is 9.47 Å². The highest BCUT2D eigenvalue weighted by atomic mass is 16.5. The van der Waals surface area contributed by atoms with Crippen molar-refractivity contribution in [1.29, 1.82) is 0 Å². The van der Waals surface area contributed by atoms with Crippen LogP contribution in [0.1, 0.15) is 45.7 Å². The van der Waals surface area contributed by atoms with E-state index in [1.807, 2.05) is 30.5 Å². The highest BCUT2D eigenvalue weighted by Gasteiger charge is 2.34. The summed E-state index contributed by atoms with van der Waals surface area (Å²) in [5, 5.41) is 0. The second-order valence-electron chi connectivity index (χ2n) is 13.5. The van der Waals surface area contributed by atoms with Gasteiger partial charge in [0.25, 0.3) is 0 Å². The summed E-state index contributed by atoms with van der Waals surface area (Å²) in [5.41, 5.74) is 13.0. The predicted molar refractivity (Wildman–Crippen MR) is 184 cm³/mol. The van der Waals surface area contributed by atoms with E-state index >= 15 is 0 Å². The van der Waals surface area contributed by atoms with Gasteiger partial charge in [-0.25, -0.2) is 0 Å². The summed E-state index contributed by atoms with van der Waals surface area (Å²) >= 11 is 0. The largest absolute Gasteiger partial charge is 0.479 e. The van der Waals surface area contributed by atoms with Gasteiger partial charge in [-0.3, -0.25) is 4.98 Å². The average Bonchev–Trinajstić information content (AvgIpc) is 3.16. The summed E-state index contributed by atoms with van der Waals surface area (Å²) in [6, 6.07) is 41.1. The van der Waals surface area contributed by atoms with Crippen LogP contribution in [0.3, 0.4) is 0 Å². The molecule has 2 aliphatic rings. The van der Waals surface area contributed by atoms with E-state index in [-0.39, 0.29) is 5.41 Å². The number of nitrogens with zero attached hydrogens (tertiary/aromatic N) is 1. The van der Waals surface area contributed by atoms with E-state index in [1.165, 1.54) is 50.1 Å². The highest BCUT2D eigenvalue weighted by molar-refractivity contribution is 6.04. The van der Waals surface area contributed by atoms with Crippen molar-refractivity contribution in [3.8, 4) is 73.0 Å². The van der Waals surface area contributed by atoms with Crippen LogP contribution in [-0.4, -0.2) is 4.98 Å². The van der Waals surface area contributed by atoms with Gasteiger partial charge in [0.05, 0.1) is 0 Å².